The molecule has 27 heavy (non-hydrogen) atoms. The van der Waals surface area contributed by atoms with Gasteiger partial charge in [-0.15, -0.1) is 5.10 Å². The molecule has 0 spiro atoms. The van der Waals surface area contributed by atoms with Gasteiger partial charge in [-0.3, -0.25) is 9.48 Å². The largest absolute Gasteiger partial charge is 0.341 e. The van der Waals surface area contributed by atoms with Crippen LogP contribution in [0.15, 0.2) is 18.5 Å². The summed E-state index contributed by atoms with van der Waals surface area (Å²) in [5, 5.41) is 20.5. The molecule has 1 unspecified atom stereocenters. The minimum Gasteiger partial charge on any atom is -0.341 e. The summed E-state index contributed by atoms with van der Waals surface area (Å²) >= 11 is 0. The van der Waals surface area contributed by atoms with Crippen molar-refractivity contribution in [2.24, 2.45) is 5.92 Å². The third-order valence-corrected chi connectivity index (χ3v) is 5.18. The molecule has 2 aromatic heterocycles. The number of nitrogens with zero attached hydrogens (tertiary/aromatic N) is 7. The van der Waals surface area contributed by atoms with Crippen molar-refractivity contribution in [3.63, 3.8) is 0 Å². The predicted molar refractivity (Wildman–Crippen MR) is 101 cm³/mol. The molecule has 1 aliphatic heterocycles. The van der Waals surface area contributed by atoms with E-state index in [0.29, 0.717) is 12.5 Å². The Hall–Kier alpha value is -2.29. The third-order valence-electron chi connectivity index (χ3n) is 5.18. The molecule has 9 heteroatoms. The molecule has 1 atom stereocenters. The number of aromatic nitrogens is 6. The highest BCUT2D eigenvalue weighted by Crippen LogP contribution is 2.30. The summed E-state index contributed by atoms with van der Waals surface area (Å²) in [7, 11) is 0. The molecule has 1 saturated heterocycles. The van der Waals surface area contributed by atoms with E-state index in [4.69, 9.17) is 0 Å². The van der Waals surface area contributed by atoms with Crippen molar-refractivity contribution < 1.29 is 4.79 Å². The summed E-state index contributed by atoms with van der Waals surface area (Å²) in [4.78, 5) is 13.9. The Morgan fingerprint density at radius 1 is 1.37 bits per heavy atom. The van der Waals surface area contributed by atoms with Gasteiger partial charge in [-0.1, -0.05) is 13.8 Å². The van der Waals surface area contributed by atoms with Crippen molar-refractivity contribution >= 4 is 5.91 Å². The summed E-state index contributed by atoms with van der Waals surface area (Å²) in [6.07, 6.45) is 6.56. The second kappa shape index (κ2) is 8.60. The minimum absolute atomic E-state index is 0.0918. The average Bonchev–Trinajstić information content (AvgIpc) is 3.32. The maximum atomic E-state index is 12.0. The topological polar surface area (TPSA) is 93.8 Å². The number of hydrogen-bond donors (Lipinski definition) is 1. The maximum absolute atomic E-state index is 12.0. The molecule has 148 valence electrons. The lowest BCUT2D eigenvalue weighted by Crippen LogP contribution is -2.57. The number of tetrazole rings is 1. The zero-order chi connectivity index (χ0) is 19.3. The van der Waals surface area contributed by atoms with E-state index in [1.54, 1.807) is 13.1 Å². The number of rotatable bonds is 8. The molecule has 3 heterocycles. The van der Waals surface area contributed by atoms with Crippen LogP contribution >= 0.6 is 0 Å². The zero-order valence-corrected chi connectivity index (χ0v) is 16.5. The van der Waals surface area contributed by atoms with Crippen molar-refractivity contribution in [3.8, 4) is 0 Å². The Morgan fingerprint density at radius 2 is 2.22 bits per heavy atom. The van der Waals surface area contributed by atoms with Gasteiger partial charge >= 0.3 is 0 Å². The van der Waals surface area contributed by atoms with Gasteiger partial charge in [0.25, 0.3) is 0 Å². The Morgan fingerprint density at radius 3 is 2.93 bits per heavy atom. The molecule has 0 radical (unpaired) electrons. The monoisotopic (exact) mass is 374 g/mol. The third kappa shape index (κ3) is 4.71. The van der Waals surface area contributed by atoms with Crippen LogP contribution in [0.2, 0.25) is 0 Å². The predicted octanol–water partition coefficient (Wildman–Crippen LogP) is 1.04. The van der Waals surface area contributed by atoms with E-state index < -0.39 is 5.54 Å². The number of carbonyl (C=O) groups is 1. The fourth-order valence-electron chi connectivity index (χ4n) is 3.65. The van der Waals surface area contributed by atoms with E-state index in [1.165, 1.54) is 0 Å². The summed E-state index contributed by atoms with van der Waals surface area (Å²) < 4.78 is 3.80. The number of hydrogen-bond acceptors (Lipinski definition) is 6. The van der Waals surface area contributed by atoms with Crippen LogP contribution in [0.3, 0.4) is 0 Å². The second-order valence-corrected chi connectivity index (χ2v) is 7.73. The molecule has 3 rings (SSSR count). The number of piperidine rings is 1. The van der Waals surface area contributed by atoms with Crippen LogP contribution in [-0.4, -0.2) is 60.4 Å². The minimum atomic E-state index is -0.433. The number of amides is 1. The molecular formula is C18H30N8O. The zero-order valence-electron chi connectivity index (χ0n) is 16.5. The molecular weight excluding hydrogens is 344 g/mol. The fourth-order valence-corrected chi connectivity index (χ4v) is 3.65. The van der Waals surface area contributed by atoms with Crippen LogP contribution < -0.4 is 5.32 Å². The summed E-state index contributed by atoms with van der Waals surface area (Å²) in [6.45, 7) is 9.65. The van der Waals surface area contributed by atoms with Gasteiger partial charge in [0.15, 0.2) is 5.82 Å². The van der Waals surface area contributed by atoms with Gasteiger partial charge in [0.05, 0.1) is 12.1 Å². The Balaban J connectivity index is 1.81. The molecule has 0 saturated carbocycles. The van der Waals surface area contributed by atoms with Crippen molar-refractivity contribution in [3.05, 3.63) is 24.3 Å². The van der Waals surface area contributed by atoms with Gasteiger partial charge in [0.2, 0.25) is 5.91 Å². The van der Waals surface area contributed by atoms with Crippen molar-refractivity contribution in [2.45, 2.75) is 58.7 Å². The molecule has 1 amide bonds. The normalized spacial score (nSPS) is 20.4. The first kappa shape index (κ1) is 19.5. The summed E-state index contributed by atoms with van der Waals surface area (Å²) in [5.41, 5.74) is -0.433. The molecule has 0 aliphatic carbocycles. The van der Waals surface area contributed by atoms with E-state index in [2.05, 4.69) is 39.8 Å². The summed E-state index contributed by atoms with van der Waals surface area (Å²) in [5.74, 6) is 1.49. The van der Waals surface area contributed by atoms with E-state index in [1.807, 2.05) is 26.5 Å². The molecule has 1 fully saturated rings. The number of aryl methyl sites for hydroxylation is 1. The van der Waals surface area contributed by atoms with Crippen LogP contribution in [0.4, 0.5) is 0 Å². The van der Waals surface area contributed by atoms with E-state index >= 15 is 0 Å². The molecule has 9 nitrogen and oxygen atoms in total. The standard InChI is InChI=1S/C18H30N8O/c1-15(2)6-12-26-17(21-22-23-26)18(7-4-10-24(14-18)16(3)27)19-9-13-25-11-5-8-20-25/h5,8,11,15,19H,4,6-7,9-10,12-14H2,1-3H3. The van der Waals surface area contributed by atoms with Gasteiger partial charge in [-0.2, -0.15) is 5.10 Å². The number of likely N-dealkylation sites (tertiary alicyclic amines) is 1. The first-order chi connectivity index (χ1) is 13.0. The van der Waals surface area contributed by atoms with Crippen molar-refractivity contribution in [2.75, 3.05) is 19.6 Å². The van der Waals surface area contributed by atoms with Crippen molar-refractivity contribution in [1.82, 2.24) is 40.2 Å². The molecule has 0 aromatic carbocycles. The highest BCUT2D eigenvalue weighted by molar-refractivity contribution is 5.73. The first-order valence-electron chi connectivity index (χ1n) is 9.75. The maximum Gasteiger partial charge on any atom is 0.219 e. The highest BCUT2D eigenvalue weighted by Gasteiger charge is 2.42. The van der Waals surface area contributed by atoms with Crippen LogP contribution in [0.5, 0.6) is 0 Å². The molecule has 2 aromatic rings. The van der Waals surface area contributed by atoms with E-state index in [0.717, 1.165) is 51.3 Å². The SMILES string of the molecule is CC(=O)N1CCCC(NCCn2cccn2)(c2nnnn2CCC(C)C)C1. The van der Waals surface area contributed by atoms with Crippen molar-refractivity contribution in [1.29, 1.82) is 0 Å². The molecule has 1 N–H and O–H groups in total. The second-order valence-electron chi connectivity index (χ2n) is 7.73. The van der Waals surface area contributed by atoms with Crippen LogP contribution in [0, 0.1) is 5.92 Å². The highest BCUT2D eigenvalue weighted by atomic mass is 16.2. The van der Waals surface area contributed by atoms with Gasteiger partial charge in [-0.05, 0) is 41.7 Å². The lowest BCUT2D eigenvalue weighted by molar-refractivity contribution is -0.131. The van der Waals surface area contributed by atoms with E-state index in [-0.39, 0.29) is 5.91 Å². The Labute approximate surface area is 160 Å². The lowest BCUT2D eigenvalue weighted by atomic mass is 9.87. The molecule has 0 bridgehead atoms. The number of nitrogens with one attached hydrogen (secondary N) is 1. The van der Waals surface area contributed by atoms with Crippen LogP contribution in [0.1, 0.15) is 45.9 Å². The smallest absolute Gasteiger partial charge is 0.219 e. The first-order valence-corrected chi connectivity index (χ1v) is 9.75. The quantitative estimate of drug-likeness (QED) is 0.742. The average molecular weight is 374 g/mol. The number of carbonyl (C=O) groups excluding carboxylic acids is 1. The van der Waals surface area contributed by atoms with Crippen LogP contribution in [-0.2, 0) is 23.4 Å². The summed E-state index contributed by atoms with van der Waals surface area (Å²) in [6, 6.07) is 1.92. The van der Waals surface area contributed by atoms with Gasteiger partial charge < -0.3 is 10.2 Å². The van der Waals surface area contributed by atoms with Gasteiger partial charge in [0.1, 0.15) is 0 Å². The fraction of sp³-hybridized carbons (Fsp3) is 0.722. The van der Waals surface area contributed by atoms with Gasteiger partial charge in [0, 0.05) is 45.5 Å². The van der Waals surface area contributed by atoms with Crippen LogP contribution in [0.25, 0.3) is 0 Å². The Kier molecular flexibility index (Phi) is 6.20. The van der Waals surface area contributed by atoms with E-state index in [9.17, 15) is 4.79 Å². The lowest BCUT2D eigenvalue weighted by Gasteiger charge is -2.42. The molecule has 1 aliphatic rings. The van der Waals surface area contributed by atoms with Gasteiger partial charge in [-0.25, -0.2) is 4.68 Å². The Bertz CT molecular complexity index is 726.